The van der Waals surface area contributed by atoms with Crippen molar-refractivity contribution in [3.8, 4) is 23.3 Å². The van der Waals surface area contributed by atoms with Crippen LogP contribution in [0.3, 0.4) is 0 Å². The Morgan fingerprint density at radius 3 is 2.43 bits per heavy atom. The number of aromatic hydroxyl groups is 1. The molecule has 0 radical (unpaired) electrons. The maximum absolute atomic E-state index is 15.7. The van der Waals surface area contributed by atoms with Gasteiger partial charge in [0, 0.05) is 65.9 Å². The molecule has 11 heteroatoms. The van der Waals surface area contributed by atoms with Crippen LogP contribution in [0.5, 0.6) is 11.5 Å². The van der Waals surface area contributed by atoms with Crippen LogP contribution < -0.4 is 10.1 Å². The number of aliphatic hydroxyl groups is 4. The summed E-state index contributed by atoms with van der Waals surface area (Å²) in [5.41, 5.74) is 4.01. The highest BCUT2D eigenvalue weighted by Crippen LogP contribution is 2.64. The zero-order valence-electron chi connectivity index (χ0n) is 40.2. The maximum Gasteiger partial charge on any atom is 0.334 e. The number of ether oxygens (including phenoxy) is 2. The Balaban J connectivity index is 1.16. The average Bonchev–Trinajstić information content (AvgIpc) is 3.35. The molecule has 0 saturated heterocycles. The Kier molecular flexibility index (Phi) is 12.8. The van der Waals surface area contributed by atoms with Crippen molar-refractivity contribution in [1.29, 1.82) is 0 Å². The van der Waals surface area contributed by atoms with Gasteiger partial charge in [0.15, 0.2) is 0 Å². The topological polar surface area (TPSA) is 183 Å². The first-order valence-corrected chi connectivity index (χ1v) is 26.2. The molecule has 0 aromatic heterocycles. The molecule has 0 spiro atoms. The number of hydrogen-bond donors (Lipinski definition) is 6. The number of phenols is 1. The monoisotopic (exact) mass is 949 g/mol. The van der Waals surface area contributed by atoms with Gasteiger partial charge in [-0.15, -0.1) is 0 Å². The SMILES string of the molecule is CC(O)CNc1cc(CO)cc(C2C#CC3CC(=O)Oc4c3cc(c(O)c4C3CCCCC3)CC3OC(=O)C(=CC(O)Cc4cccc(c4)CC4C(=O)CC5C=CC6C7CCCCC7C3(O)C5C46)C2)c1. The van der Waals surface area contributed by atoms with Crippen molar-refractivity contribution >= 4 is 23.4 Å². The molecule has 8 aliphatic rings. The fourth-order valence-corrected chi connectivity index (χ4v) is 14.8. The number of fused-ring (bicyclic) bond motifs is 10. The third-order valence-corrected chi connectivity index (χ3v) is 17.8. The minimum atomic E-state index is -1.63. The number of aliphatic hydroxyl groups excluding tert-OH is 3. The van der Waals surface area contributed by atoms with Crippen LogP contribution in [-0.2, 0) is 45.0 Å². The minimum Gasteiger partial charge on any atom is -0.507 e. The van der Waals surface area contributed by atoms with Crippen LogP contribution in [-0.4, -0.2) is 73.7 Å². The van der Waals surface area contributed by atoms with E-state index in [4.69, 9.17) is 9.47 Å². The maximum atomic E-state index is 15.7. The van der Waals surface area contributed by atoms with Crippen molar-refractivity contribution in [2.24, 2.45) is 41.4 Å². The molecule has 11 nitrogen and oxygen atoms in total. The van der Waals surface area contributed by atoms with E-state index in [1.54, 1.807) is 19.1 Å². The summed E-state index contributed by atoms with van der Waals surface area (Å²) in [6, 6.07) is 15.4. The molecular formula is C59H67NO10. The van der Waals surface area contributed by atoms with Crippen molar-refractivity contribution in [3.63, 3.8) is 0 Å². The molecule has 368 valence electrons. The lowest BCUT2D eigenvalue weighted by atomic mass is 9.41. The average molecular weight is 950 g/mol. The van der Waals surface area contributed by atoms with Gasteiger partial charge < -0.3 is 40.3 Å². The molecule has 4 saturated carbocycles. The number of carbonyl (C=O) groups excluding carboxylic acids is 3. The Morgan fingerprint density at radius 2 is 1.63 bits per heavy atom. The zero-order valence-corrected chi connectivity index (χ0v) is 40.2. The number of esters is 2. The molecule has 13 atom stereocenters. The van der Waals surface area contributed by atoms with Gasteiger partial charge in [-0.25, -0.2) is 4.79 Å². The molecule has 3 heterocycles. The van der Waals surface area contributed by atoms with E-state index in [9.17, 15) is 35.1 Å². The van der Waals surface area contributed by atoms with Crippen molar-refractivity contribution < 1.29 is 49.4 Å². The number of Topliss-reactive ketones (excluding diaryl/α,β-unsaturated/α-hetero) is 1. The lowest BCUT2D eigenvalue weighted by Crippen LogP contribution is -2.70. The number of allylic oxidation sites excluding steroid dienone is 2. The van der Waals surface area contributed by atoms with E-state index in [2.05, 4.69) is 35.4 Å². The van der Waals surface area contributed by atoms with E-state index in [0.717, 1.165) is 68.9 Å². The van der Waals surface area contributed by atoms with Gasteiger partial charge in [-0.05, 0) is 133 Å². The van der Waals surface area contributed by atoms with Crippen molar-refractivity contribution in [2.75, 3.05) is 11.9 Å². The molecule has 70 heavy (non-hydrogen) atoms. The van der Waals surface area contributed by atoms with Gasteiger partial charge in [0.05, 0.1) is 31.2 Å². The Labute approximate surface area is 410 Å². The Hall–Kier alpha value is -5.25. The number of ketones is 1. The molecule has 13 unspecified atom stereocenters. The van der Waals surface area contributed by atoms with Crippen molar-refractivity contribution in [3.05, 3.63) is 111 Å². The summed E-state index contributed by atoms with van der Waals surface area (Å²) >= 11 is 0. The van der Waals surface area contributed by atoms with E-state index in [0.29, 0.717) is 45.7 Å². The number of hydrogen-bond acceptors (Lipinski definition) is 11. The summed E-state index contributed by atoms with van der Waals surface area (Å²) < 4.78 is 13.2. The van der Waals surface area contributed by atoms with E-state index in [-0.39, 0.29) is 104 Å². The predicted octanol–water partition coefficient (Wildman–Crippen LogP) is 8.02. The van der Waals surface area contributed by atoms with Crippen molar-refractivity contribution in [2.45, 2.75) is 152 Å². The summed E-state index contributed by atoms with van der Waals surface area (Å²) in [5, 5.41) is 63.3. The Bertz CT molecular complexity index is 2690. The van der Waals surface area contributed by atoms with Crippen LogP contribution in [0.4, 0.5) is 5.69 Å². The predicted molar refractivity (Wildman–Crippen MR) is 263 cm³/mol. The largest absolute Gasteiger partial charge is 0.507 e. The summed E-state index contributed by atoms with van der Waals surface area (Å²) in [4.78, 5) is 44.0. The van der Waals surface area contributed by atoms with Crippen LogP contribution in [0.2, 0.25) is 0 Å². The fourth-order valence-electron chi connectivity index (χ4n) is 14.8. The Morgan fingerprint density at radius 1 is 0.857 bits per heavy atom. The van der Waals surface area contributed by atoms with Crippen LogP contribution in [0.15, 0.2) is 72.3 Å². The second kappa shape index (κ2) is 19.1. The summed E-state index contributed by atoms with van der Waals surface area (Å²) in [6.45, 7) is 1.64. The van der Waals surface area contributed by atoms with Gasteiger partial charge in [-0.1, -0.05) is 86.4 Å². The quantitative estimate of drug-likeness (QED) is 0.0609. The summed E-state index contributed by atoms with van der Waals surface area (Å²) in [5.74, 6) is 3.35. The molecular weight excluding hydrogens is 883 g/mol. The van der Waals surface area contributed by atoms with Crippen molar-refractivity contribution in [1.82, 2.24) is 0 Å². The fraction of sp³-hybridized carbons (Fsp3) is 0.542. The third-order valence-electron chi connectivity index (χ3n) is 17.8. The normalized spacial score (nSPS) is 34.1. The molecule has 3 aromatic rings. The number of carbonyl (C=O) groups is 3. The van der Waals surface area contributed by atoms with E-state index >= 15 is 4.79 Å². The standard InChI is InChI=1S/C59H67NO10/c1-32(62)30-60-43-20-35(31-61)19-40(24-43)37-14-15-38-29-52(65)70-57-47(38)26-41(56(66)53(57)36-10-3-2-4-11-36)28-51-59(68)49-13-6-5-12-45(49)46-17-16-39-27-50(64)48(54(46)55(39)59)22-34-9-7-8-33(18-34)21-44(63)25-42(23-37)58(67)69-51/h7-9,16-20,24-26,32,36-39,44-46,48-49,51,54-55,60-63,66,68H,2-6,10-13,21-23,27-31H2,1H3. The molecule has 5 aliphatic carbocycles. The van der Waals surface area contributed by atoms with Gasteiger partial charge in [0.1, 0.15) is 29.0 Å². The molecule has 3 aromatic carbocycles. The van der Waals surface area contributed by atoms with Crippen LogP contribution >= 0.6 is 0 Å². The van der Waals surface area contributed by atoms with E-state index in [1.165, 1.54) is 0 Å². The second-order valence-corrected chi connectivity index (χ2v) is 22.2. The number of anilines is 1. The first kappa shape index (κ1) is 47.1. The van der Waals surface area contributed by atoms with Gasteiger partial charge in [0.2, 0.25) is 0 Å². The van der Waals surface area contributed by atoms with Gasteiger partial charge >= 0.3 is 11.9 Å². The smallest absolute Gasteiger partial charge is 0.334 e. The highest BCUT2D eigenvalue weighted by Gasteiger charge is 2.68. The molecule has 0 amide bonds. The first-order valence-electron chi connectivity index (χ1n) is 26.2. The van der Waals surface area contributed by atoms with E-state index < -0.39 is 53.6 Å². The van der Waals surface area contributed by atoms with Crippen LogP contribution in [0.25, 0.3) is 0 Å². The van der Waals surface area contributed by atoms with Gasteiger partial charge in [0.25, 0.3) is 0 Å². The third kappa shape index (κ3) is 8.61. The molecule has 4 fully saturated rings. The second-order valence-electron chi connectivity index (χ2n) is 22.2. The molecule has 6 N–H and O–H groups in total. The highest BCUT2D eigenvalue weighted by molar-refractivity contribution is 5.89. The molecule has 11 rings (SSSR count). The van der Waals surface area contributed by atoms with E-state index in [1.807, 2.05) is 36.4 Å². The van der Waals surface area contributed by atoms with Gasteiger partial charge in [-0.2, -0.15) is 0 Å². The molecule has 3 aliphatic heterocycles. The zero-order chi connectivity index (χ0) is 48.4. The van der Waals surface area contributed by atoms with Crippen LogP contribution in [0.1, 0.15) is 141 Å². The molecule has 12 bridgehead atoms. The number of benzene rings is 3. The summed E-state index contributed by atoms with van der Waals surface area (Å²) in [7, 11) is 0. The lowest BCUT2D eigenvalue weighted by Gasteiger charge is -2.65. The highest BCUT2D eigenvalue weighted by atomic mass is 16.6. The minimum absolute atomic E-state index is 0.00970. The first-order chi connectivity index (χ1) is 33.9. The number of phenolic OH excluding ortho intramolecular Hbond substituents is 1. The number of nitrogens with one attached hydrogen (secondary N) is 1. The van der Waals surface area contributed by atoms with Gasteiger partial charge in [-0.3, -0.25) is 9.59 Å². The lowest BCUT2D eigenvalue weighted by molar-refractivity contribution is -0.247. The van der Waals surface area contributed by atoms with Crippen LogP contribution in [0, 0.1) is 53.3 Å². The summed E-state index contributed by atoms with van der Waals surface area (Å²) in [6.07, 6.45) is 12.0. The number of rotatable bonds is 6.